The van der Waals surface area contributed by atoms with Crippen molar-refractivity contribution >= 4 is 30.1 Å². The number of carbonyl (C=O) groups is 3. The Morgan fingerprint density at radius 3 is 2.12 bits per heavy atom. The van der Waals surface area contributed by atoms with Gasteiger partial charge >= 0.3 is 0 Å². The smallest absolute Gasteiger partial charge is 0.274 e. The molecule has 2 rings (SSSR count). The summed E-state index contributed by atoms with van der Waals surface area (Å²) in [5, 5.41) is 24.4. The van der Waals surface area contributed by atoms with Gasteiger partial charge in [0, 0.05) is 18.2 Å². The first-order valence-corrected chi connectivity index (χ1v) is 10.8. The van der Waals surface area contributed by atoms with Crippen LogP contribution in [0.5, 0.6) is 0 Å². The van der Waals surface area contributed by atoms with Crippen LogP contribution in [0.2, 0.25) is 0 Å². The first-order valence-electron chi connectivity index (χ1n) is 10.8. The van der Waals surface area contributed by atoms with Crippen LogP contribution in [0, 0.1) is 5.92 Å². The van der Waals surface area contributed by atoms with E-state index < -0.39 is 35.9 Å². The second-order valence-electron chi connectivity index (χ2n) is 8.34. The third kappa shape index (κ3) is 9.11. The van der Waals surface area contributed by atoms with Crippen molar-refractivity contribution in [3.8, 4) is 0 Å². The van der Waals surface area contributed by atoms with Crippen molar-refractivity contribution < 1.29 is 24.7 Å². The van der Waals surface area contributed by atoms with Gasteiger partial charge in [-0.15, -0.1) is 12.4 Å². The van der Waals surface area contributed by atoms with E-state index in [4.69, 9.17) is 10.9 Å². The second kappa shape index (κ2) is 14.3. The Bertz CT molecular complexity index is 925. The Hall–Kier alpha value is -2.98. The van der Waals surface area contributed by atoms with E-state index in [2.05, 4.69) is 10.6 Å². The molecule has 0 saturated heterocycles. The van der Waals surface area contributed by atoms with E-state index in [0.717, 1.165) is 11.1 Å². The van der Waals surface area contributed by atoms with Crippen LogP contribution in [0.15, 0.2) is 54.6 Å². The quantitative estimate of drug-likeness (QED) is 0.205. The standard InChI is InChI=1S/C24H32N4O5.ClH/c1-15(2)12-20(23(31)26-14-17-8-10-18(11-9-17)22(30)28-33)27-24(32)21(29)19(25)13-16-6-4-3-5-7-16;/h3-11,15,19-21,29,33H,12-14,25H2,1-2H3,(H,26,31)(H,27,32)(H,28,30);1H/t19-,20+,21+;/m1./s1. The van der Waals surface area contributed by atoms with Gasteiger partial charge in [0.25, 0.3) is 11.8 Å². The monoisotopic (exact) mass is 492 g/mol. The zero-order valence-electron chi connectivity index (χ0n) is 19.2. The van der Waals surface area contributed by atoms with E-state index in [1.807, 2.05) is 44.2 Å². The summed E-state index contributed by atoms with van der Waals surface area (Å²) >= 11 is 0. The van der Waals surface area contributed by atoms with E-state index in [9.17, 15) is 19.5 Å². The zero-order chi connectivity index (χ0) is 24.4. The van der Waals surface area contributed by atoms with Crippen LogP contribution in [0.1, 0.15) is 41.8 Å². The van der Waals surface area contributed by atoms with Gasteiger partial charge in [0.15, 0.2) is 0 Å². The molecular weight excluding hydrogens is 460 g/mol. The van der Waals surface area contributed by atoms with Crippen molar-refractivity contribution in [2.45, 2.75) is 51.4 Å². The van der Waals surface area contributed by atoms with E-state index in [1.54, 1.807) is 17.6 Å². The Kier molecular flexibility index (Phi) is 12.2. The van der Waals surface area contributed by atoms with Crippen LogP contribution in [0.4, 0.5) is 0 Å². The highest BCUT2D eigenvalue weighted by Crippen LogP contribution is 2.09. The minimum atomic E-state index is -1.46. The predicted octanol–water partition coefficient (Wildman–Crippen LogP) is 1.31. The predicted molar refractivity (Wildman–Crippen MR) is 130 cm³/mol. The lowest BCUT2D eigenvalue weighted by Gasteiger charge is -2.24. The van der Waals surface area contributed by atoms with Gasteiger partial charge in [-0.25, -0.2) is 5.48 Å². The van der Waals surface area contributed by atoms with Crippen molar-refractivity contribution in [1.29, 1.82) is 0 Å². The number of hydrogen-bond donors (Lipinski definition) is 6. The van der Waals surface area contributed by atoms with Crippen molar-refractivity contribution in [2.24, 2.45) is 11.7 Å². The lowest BCUT2D eigenvalue weighted by Crippen LogP contribution is -2.54. The van der Waals surface area contributed by atoms with Crippen LogP contribution >= 0.6 is 12.4 Å². The third-order valence-corrected chi connectivity index (χ3v) is 5.11. The number of hydroxylamine groups is 1. The summed E-state index contributed by atoms with van der Waals surface area (Å²) in [6.45, 7) is 4.03. The minimum absolute atomic E-state index is 0. The fraction of sp³-hybridized carbons (Fsp3) is 0.375. The molecule has 186 valence electrons. The first kappa shape index (κ1) is 29.1. The summed E-state index contributed by atoms with van der Waals surface area (Å²) < 4.78 is 0. The molecule has 0 aromatic heterocycles. The molecule has 2 aromatic carbocycles. The maximum atomic E-state index is 12.8. The number of benzene rings is 2. The molecular formula is C24H33ClN4O5. The third-order valence-electron chi connectivity index (χ3n) is 5.11. The van der Waals surface area contributed by atoms with Gasteiger partial charge in [0.1, 0.15) is 12.1 Å². The van der Waals surface area contributed by atoms with Crippen molar-refractivity contribution in [3.05, 3.63) is 71.3 Å². The van der Waals surface area contributed by atoms with Crippen LogP contribution in [-0.4, -0.2) is 46.2 Å². The second-order valence-corrected chi connectivity index (χ2v) is 8.34. The topological polar surface area (TPSA) is 154 Å². The van der Waals surface area contributed by atoms with E-state index in [-0.39, 0.29) is 30.4 Å². The van der Waals surface area contributed by atoms with Gasteiger partial charge in [-0.2, -0.15) is 0 Å². The molecule has 10 heteroatoms. The number of rotatable bonds is 11. The van der Waals surface area contributed by atoms with E-state index in [1.165, 1.54) is 12.1 Å². The molecule has 0 heterocycles. The number of hydrogen-bond acceptors (Lipinski definition) is 6. The van der Waals surface area contributed by atoms with Gasteiger partial charge in [0.2, 0.25) is 5.91 Å². The Morgan fingerprint density at radius 2 is 1.56 bits per heavy atom. The number of nitrogens with one attached hydrogen (secondary N) is 3. The number of aliphatic hydroxyl groups is 1. The van der Waals surface area contributed by atoms with Crippen LogP contribution < -0.4 is 21.8 Å². The van der Waals surface area contributed by atoms with Crippen LogP contribution in [0.3, 0.4) is 0 Å². The number of nitrogens with two attached hydrogens (primary N) is 1. The molecule has 0 saturated carbocycles. The molecule has 7 N–H and O–H groups in total. The maximum absolute atomic E-state index is 12.8. The van der Waals surface area contributed by atoms with Crippen molar-refractivity contribution in [3.63, 3.8) is 0 Å². The molecule has 9 nitrogen and oxygen atoms in total. The zero-order valence-corrected chi connectivity index (χ0v) is 20.0. The fourth-order valence-corrected chi connectivity index (χ4v) is 3.30. The maximum Gasteiger partial charge on any atom is 0.274 e. The molecule has 34 heavy (non-hydrogen) atoms. The molecule has 0 aliphatic carbocycles. The Labute approximate surface area is 205 Å². The van der Waals surface area contributed by atoms with E-state index >= 15 is 0 Å². The molecule has 2 aromatic rings. The van der Waals surface area contributed by atoms with Gasteiger partial charge in [-0.05, 0) is 42.0 Å². The lowest BCUT2D eigenvalue weighted by molar-refractivity contribution is -0.135. The largest absolute Gasteiger partial charge is 0.382 e. The molecule has 0 bridgehead atoms. The molecule has 3 amide bonds. The SMILES string of the molecule is CC(C)C[C@H](NC(=O)[C@@H](O)[C@H](N)Cc1ccccc1)C(=O)NCc1ccc(C(=O)NO)cc1.Cl. The normalized spacial score (nSPS) is 13.2. The number of carbonyl (C=O) groups excluding carboxylic acids is 3. The molecule has 0 aliphatic rings. The van der Waals surface area contributed by atoms with E-state index in [0.29, 0.717) is 12.8 Å². The fourth-order valence-electron chi connectivity index (χ4n) is 3.30. The summed E-state index contributed by atoms with van der Waals surface area (Å²) in [6.07, 6.45) is -0.757. The van der Waals surface area contributed by atoms with Gasteiger partial charge in [-0.3, -0.25) is 19.6 Å². The molecule has 3 atom stereocenters. The molecule has 0 aliphatic heterocycles. The van der Waals surface area contributed by atoms with Crippen LogP contribution in [0.25, 0.3) is 0 Å². The highest BCUT2D eigenvalue weighted by atomic mass is 35.5. The van der Waals surface area contributed by atoms with Crippen molar-refractivity contribution in [2.75, 3.05) is 0 Å². The highest BCUT2D eigenvalue weighted by molar-refractivity contribution is 5.93. The molecule has 0 radical (unpaired) electrons. The van der Waals surface area contributed by atoms with Crippen molar-refractivity contribution in [1.82, 2.24) is 16.1 Å². The summed E-state index contributed by atoms with van der Waals surface area (Å²) in [4.78, 5) is 36.7. The summed E-state index contributed by atoms with van der Waals surface area (Å²) in [5.41, 5.74) is 9.49. The first-order chi connectivity index (χ1) is 15.7. The number of aliphatic hydroxyl groups excluding tert-OH is 1. The summed E-state index contributed by atoms with van der Waals surface area (Å²) in [5.74, 6) is -1.60. The van der Waals surface area contributed by atoms with Crippen LogP contribution in [-0.2, 0) is 22.6 Å². The average molecular weight is 493 g/mol. The Balaban J connectivity index is 0.00000578. The van der Waals surface area contributed by atoms with Gasteiger partial charge < -0.3 is 21.5 Å². The van der Waals surface area contributed by atoms with Gasteiger partial charge in [-0.1, -0.05) is 56.3 Å². The molecule has 0 fully saturated rings. The van der Waals surface area contributed by atoms with Gasteiger partial charge in [0.05, 0.1) is 0 Å². The summed E-state index contributed by atoms with van der Waals surface area (Å²) in [6, 6.07) is 14.0. The highest BCUT2D eigenvalue weighted by Gasteiger charge is 2.28. The molecule has 0 spiro atoms. The Morgan fingerprint density at radius 1 is 0.941 bits per heavy atom. The minimum Gasteiger partial charge on any atom is -0.382 e. The number of halogens is 1. The summed E-state index contributed by atoms with van der Waals surface area (Å²) in [7, 11) is 0. The molecule has 0 unspecified atom stereocenters. The lowest BCUT2D eigenvalue weighted by atomic mass is 9.99. The number of amides is 3. The average Bonchev–Trinajstić information content (AvgIpc) is 2.81.